The van der Waals surface area contributed by atoms with Gasteiger partial charge in [-0.1, -0.05) is 6.92 Å². The molecule has 1 saturated heterocycles. The molecule has 1 unspecified atom stereocenters. The summed E-state index contributed by atoms with van der Waals surface area (Å²) in [4.78, 5) is 16.0. The zero-order chi connectivity index (χ0) is 12.8. The Balaban J connectivity index is 1.86. The number of carbonyl (C=O) groups is 1. The molecule has 98 valence electrons. The summed E-state index contributed by atoms with van der Waals surface area (Å²) in [5.41, 5.74) is 1.55. The molecule has 0 saturated carbocycles. The summed E-state index contributed by atoms with van der Waals surface area (Å²) in [6.45, 7) is 4.25. The van der Waals surface area contributed by atoms with Crippen molar-refractivity contribution in [2.24, 2.45) is 0 Å². The molecule has 1 aromatic rings. The van der Waals surface area contributed by atoms with Crippen LogP contribution in [-0.2, 0) is 15.9 Å². The van der Waals surface area contributed by atoms with Crippen LogP contribution >= 0.6 is 0 Å². The third-order valence-electron chi connectivity index (χ3n) is 2.84. The van der Waals surface area contributed by atoms with Gasteiger partial charge in [-0.3, -0.25) is 9.78 Å². The Bertz CT molecular complexity index is 403. The Hall–Kier alpha value is -1.46. The van der Waals surface area contributed by atoms with Gasteiger partial charge in [0.15, 0.2) is 0 Å². The van der Waals surface area contributed by atoms with Gasteiger partial charge in [0, 0.05) is 12.7 Å². The van der Waals surface area contributed by atoms with Gasteiger partial charge in [0.1, 0.15) is 5.69 Å². The Morgan fingerprint density at radius 1 is 1.56 bits per heavy atom. The van der Waals surface area contributed by atoms with E-state index in [0.717, 1.165) is 12.0 Å². The molecule has 0 radical (unpaired) electrons. The molecular formula is C13H18N2O3. The lowest BCUT2D eigenvalue weighted by molar-refractivity contribution is -0.0855. The fraction of sp³-hybridized carbons (Fsp3) is 0.538. The molecular weight excluding hydrogens is 232 g/mol. The average molecular weight is 250 g/mol. The van der Waals surface area contributed by atoms with Gasteiger partial charge in [0.05, 0.1) is 25.9 Å². The minimum Gasteiger partial charge on any atom is -0.376 e. The van der Waals surface area contributed by atoms with E-state index in [2.05, 4.69) is 10.3 Å². The molecule has 2 heterocycles. The topological polar surface area (TPSA) is 60.5 Å². The zero-order valence-corrected chi connectivity index (χ0v) is 10.5. The van der Waals surface area contributed by atoms with Crippen molar-refractivity contribution in [3.8, 4) is 0 Å². The number of hydrogen-bond acceptors (Lipinski definition) is 4. The molecule has 5 nitrogen and oxygen atoms in total. The van der Waals surface area contributed by atoms with Crippen LogP contribution in [0.2, 0.25) is 0 Å². The number of rotatable bonds is 4. The lowest BCUT2D eigenvalue weighted by Gasteiger charge is -2.22. The summed E-state index contributed by atoms with van der Waals surface area (Å²) < 4.78 is 10.7. The van der Waals surface area contributed by atoms with Crippen LogP contribution < -0.4 is 5.32 Å². The van der Waals surface area contributed by atoms with E-state index in [1.165, 1.54) is 0 Å². The quantitative estimate of drug-likeness (QED) is 0.858. The van der Waals surface area contributed by atoms with Crippen LogP contribution in [0.25, 0.3) is 0 Å². The van der Waals surface area contributed by atoms with Crippen LogP contribution in [0.1, 0.15) is 23.0 Å². The predicted octanol–water partition coefficient (Wildman–Crippen LogP) is 0.789. The first kappa shape index (κ1) is 13.0. The number of hydrogen-bond donors (Lipinski definition) is 1. The summed E-state index contributed by atoms with van der Waals surface area (Å²) >= 11 is 0. The lowest BCUT2D eigenvalue weighted by atomic mass is 10.2. The average Bonchev–Trinajstić information content (AvgIpc) is 2.46. The van der Waals surface area contributed by atoms with E-state index in [4.69, 9.17) is 9.47 Å². The maximum Gasteiger partial charge on any atom is 0.269 e. The monoisotopic (exact) mass is 250 g/mol. The van der Waals surface area contributed by atoms with Crippen molar-refractivity contribution in [3.63, 3.8) is 0 Å². The minimum absolute atomic E-state index is 0.0583. The number of amides is 1. The zero-order valence-electron chi connectivity index (χ0n) is 10.5. The summed E-state index contributed by atoms with van der Waals surface area (Å²) in [7, 11) is 0. The molecule has 5 heteroatoms. The molecule has 1 N–H and O–H groups in total. The van der Waals surface area contributed by atoms with Crippen LogP contribution in [0.15, 0.2) is 18.3 Å². The number of nitrogens with one attached hydrogen (secondary N) is 1. The van der Waals surface area contributed by atoms with Gasteiger partial charge in [-0.15, -0.1) is 0 Å². The first-order valence-electron chi connectivity index (χ1n) is 6.22. The number of aryl methyl sites for hydroxylation is 1. The van der Waals surface area contributed by atoms with Gasteiger partial charge in [-0.25, -0.2) is 0 Å². The smallest absolute Gasteiger partial charge is 0.269 e. The van der Waals surface area contributed by atoms with E-state index in [-0.39, 0.29) is 12.0 Å². The van der Waals surface area contributed by atoms with Crippen molar-refractivity contribution >= 4 is 5.91 Å². The molecule has 2 rings (SSSR count). The van der Waals surface area contributed by atoms with Gasteiger partial charge >= 0.3 is 0 Å². The second kappa shape index (κ2) is 6.47. The third kappa shape index (κ3) is 3.51. The summed E-state index contributed by atoms with van der Waals surface area (Å²) in [5.74, 6) is -0.167. The molecule has 1 aliphatic rings. The van der Waals surface area contributed by atoms with Crippen molar-refractivity contribution < 1.29 is 14.3 Å². The molecule has 1 amide bonds. The van der Waals surface area contributed by atoms with E-state index in [1.807, 2.05) is 19.1 Å². The van der Waals surface area contributed by atoms with E-state index in [1.54, 1.807) is 6.20 Å². The second-order valence-electron chi connectivity index (χ2n) is 4.18. The molecule has 0 bridgehead atoms. The number of aromatic nitrogens is 1. The SMILES string of the molecule is CCc1ccnc(C(=O)NCC2COCCO2)c1. The van der Waals surface area contributed by atoms with Crippen LogP contribution in [-0.4, -0.2) is 43.4 Å². The van der Waals surface area contributed by atoms with E-state index in [0.29, 0.717) is 32.1 Å². The molecule has 0 aliphatic carbocycles. The first-order chi connectivity index (χ1) is 8.79. The van der Waals surface area contributed by atoms with Crippen molar-refractivity contribution in [1.82, 2.24) is 10.3 Å². The third-order valence-corrected chi connectivity index (χ3v) is 2.84. The van der Waals surface area contributed by atoms with Crippen molar-refractivity contribution in [2.75, 3.05) is 26.4 Å². The minimum atomic E-state index is -0.167. The molecule has 0 spiro atoms. The molecule has 1 atom stereocenters. The highest BCUT2D eigenvalue weighted by molar-refractivity contribution is 5.92. The number of pyridine rings is 1. The largest absolute Gasteiger partial charge is 0.376 e. The predicted molar refractivity (Wildman–Crippen MR) is 66.5 cm³/mol. The number of ether oxygens (including phenoxy) is 2. The van der Waals surface area contributed by atoms with Gasteiger partial charge < -0.3 is 14.8 Å². The van der Waals surface area contributed by atoms with Crippen molar-refractivity contribution in [1.29, 1.82) is 0 Å². The molecule has 1 fully saturated rings. The van der Waals surface area contributed by atoms with Crippen molar-refractivity contribution in [2.45, 2.75) is 19.4 Å². The fourth-order valence-electron chi connectivity index (χ4n) is 1.77. The lowest BCUT2D eigenvalue weighted by Crippen LogP contribution is -2.39. The Morgan fingerprint density at radius 3 is 3.17 bits per heavy atom. The first-order valence-corrected chi connectivity index (χ1v) is 6.22. The number of nitrogens with zero attached hydrogens (tertiary/aromatic N) is 1. The summed E-state index contributed by atoms with van der Waals surface area (Å²) in [6.07, 6.45) is 2.49. The van der Waals surface area contributed by atoms with Crippen LogP contribution in [0, 0.1) is 0 Å². The Morgan fingerprint density at radius 2 is 2.44 bits per heavy atom. The maximum atomic E-state index is 11.9. The Kier molecular flexibility index (Phi) is 4.66. The van der Waals surface area contributed by atoms with E-state index in [9.17, 15) is 4.79 Å². The Labute approximate surface area is 107 Å². The van der Waals surface area contributed by atoms with E-state index >= 15 is 0 Å². The van der Waals surface area contributed by atoms with Crippen LogP contribution in [0.4, 0.5) is 0 Å². The van der Waals surface area contributed by atoms with Crippen LogP contribution in [0.3, 0.4) is 0 Å². The molecule has 0 aromatic carbocycles. The normalized spacial score (nSPS) is 19.5. The highest BCUT2D eigenvalue weighted by Crippen LogP contribution is 2.03. The van der Waals surface area contributed by atoms with Gasteiger partial charge in [-0.2, -0.15) is 0 Å². The van der Waals surface area contributed by atoms with Gasteiger partial charge in [0.25, 0.3) is 5.91 Å². The van der Waals surface area contributed by atoms with Crippen LogP contribution in [0.5, 0.6) is 0 Å². The number of carbonyl (C=O) groups excluding carboxylic acids is 1. The molecule has 1 aromatic heterocycles. The maximum absolute atomic E-state index is 11.9. The fourth-order valence-corrected chi connectivity index (χ4v) is 1.77. The summed E-state index contributed by atoms with van der Waals surface area (Å²) in [5, 5.41) is 2.81. The van der Waals surface area contributed by atoms with E-state index < -0.39 is 0 Å². The highest BCUT2D eigenvalue weighted by Gasteiger charge is 2.16. The van der Waals surface area contributed by atoms with Gasteiger partial charge in [0.2, 0.25) is 0 Å². The van der Waals surface area contributed by atoms with Gasteiger partial charge in [-0.05, 0) is 24.1 Å². The molecule has 1 aliphatic heterocycles. The highest BCUT2D eigenvalue weighted by atomic mass is 16.6. The second-order valence-corrected chi connectivity index (χ2v) is 4.18. The standard InChI is InChI=1S/C13H18N2O3/c1-2-10-3-4-14-12(7-10)13(16)15-8-11-9-17-5-6-18-11/h3-4,7,11H,2,5-6,8-9H2,1H3,(H,15,16). The molecule has 18 heavy (non-hydrogen) atoms. The summed E-state index contributed by atoms with van der Waals surface area (Å²) in [6, 6.07) is 3.72. The van der Waals surface area contributed by atoms with Crippen molar-refractivity contribution in [3.05, 3.63) is 29.6 Å².